The molecule has 2 amide bonds. The van der Waals surface area contributed by atoms with Gasteiger partial charge in [0.05, 0.1) is 32.7 Å². The number of hydrogen-bond acceptors (Lipinski definition) is 7. The summed E-state index contributed by atoms with van der Waals surface area (Å²) < 4.78 is 16.1. The van der Waals surface area contributed by atoms with Gasteiger partial charge in [-0.25, -0.2) is 4.79 Å². The summed E-state index contributed by atoms with van der Waals surface area (Å²) in [4.78, 5) is 16.8. The molecule has 1 aromatic heterocycles. The molecule has 4 rings (SSSR count). The van der Waals surface area contributed by atoms with Crippen molar-refractivity contribution in [1.82, 2.24) is 15.1 Å². The predicted molar refractivity (Wildman–Crippen MR) is 136 cm³/mol. The Morgan fingerprint density at radius 3 is 2.06 bits per heavy atom. The summed E-state index contributed by atoms with van der Waals surface area (Å²) in [6.07, 6.45) is 0. The second-order valence-electron chi connectivity index (χ2n) is 8.39. The molecule has 0 atom stereocenters. The van der Waals surface area contributed by atoms with E-state index >= 15 is 0 Å². The fraction of sp³-hybridized carbons (Fsp3) is 0.346. The quantitative estimate of drug-likeness (QED) is 0.571. The molecule has 35 heavy (non-hydrogen) atoms. The molecule has 9 nitrogen and oxygen atoms in total. The molecule has 0 unspecified atom stereocenters. The van der Waals surface area contributed by atoms with Gasteiger partial charge in [0, 0.05) is 43.9 Å². The molecule has 0 bridgehead atoms. The number of aryl methyl sites for hydroxylation is 2. The van der Waals surface area contributed by atoms with Crippen LogP contribution in [0, 0.1) is 13.8 Å². The maximum atomic E-state index is 12.9. The molecule has 2 aromatic carbocycles. The van der Waals surface area contributed by atoms with Crippen LogP contribution in [0.1, 0.15) is 11.1 Å². The average Bonchev–Trinajstić information content (AvgIpc) is 2.89. The van der Waals surface area contributed by atoms with Crippen LogP contribution in [0.2, 0.25) is 0 Å². The number of nitrogens with one attached hydrogen (secondary N) is 1. The first-order valence-corrected chi connectivity index (χ1v) is 11.5. The monoisotopic (exact) mass is 477 g/mol. The normalized spacial score (nSPS) is 13.4. The minimum atomic E-state index is -0.185. The number of aromatic nitrogens is 2. The molecule has 1 fully saturated rings. The van der Waals surface area contributed by atoms with Crippen molar-refractivity contribution in [2.24, 2.45) is 0 Å². The van der Waals surface area contributed by atoms with E-state index in [0.29, 0.717) is 49.1 Å². The van der Waals surface area contributed by atoms with E-state index in [4.69, 9.17) is 14.2 Å². The summed E-state index contributed by atoms with van der Waals surface area (Å²) in [5.41, 5.74) is 4.96. The highest BCUT2D eigenvalue weighted by Gasteiger charge is 2.23. The van der Waals surface area contributed by atoms with E-state index < -0.39 is 0 Å². The Morgan fingerprint density at radius 2 is 1.51 bits per heavy atom. The molecule has 1 aliphatic heterocycles. The van der Waals surface area contributed by atoms with Crippen LogP contribution in [0.5, 0.6) is 17.2 Å². The first-order chi connectivity index (χ1) is 16.9. The zero-order chi connectivity index (χ0) is 24.9. The molecule has 0 aliphatic carbocycles. The Bertz CT molecular complexity index is 1170. The number of urea groups is 1. The smallest absolute Gasteiger partial charge is 0.321 e. The molecule has 1 N–H and O–H groups in total. The van der Waals surface area contributed by atoms with Gasteiger partial charge in [0.15, 0.2) is 17.3 Å². The topological polar surface area (TPSA) is 89.1 Å². The second-order valence-corrected chi connectivity index (χ2v) is 8.39. The number of anilines is 2. The van der Waals surface area contributed by atoms with Crippen LogP contribution in [-0.4, -0.2) is 68.6 Å². The molecule has 3 aromatic rings. The van der Waals surface area contributed by atoms with Crippen LogP contribution < -0.4 is 24.4 Å². The summed E-state index contributed by atoms with van der Waals surface area (Å²) in [6.45, 7) is 6.66. The number of methoxy groups -OCH3 is 3. The molecule has 0 saturated carbocycles. The minimum absolute atomic E-state index is 0.185. The lowest BCUT2D eigenvalue weighted by molar-refractivity contribution is 0.208. The van der Waals surface area contributed by atoms with Gasteiger partial charge in [0.25, 0.3) is 0 Å². The van der Waals surface area contributed by atoms with Gasteiger partial charge in [-0.2, -0.15) is 0 Å². The van der Waals surface area contributed by atoms with Crippen molar-refractivity contribution in [2.75, 3.05) is 57.7 Å². The maximum absolute atomic E-state index is 12.9. The number of benzene rings is 2. The SMILES string of the molecule is COc1cc(NC(=O)N2CCN(c3ccc(-c4ccc(C)c(C)c4)nn3)CC2)cc(OC)c1OC. The van der Waals surface area contributed by atoms with Crippen molar-refractivity contribution in [3.8, 4) is 28.5 Å². The number of carbonyl (C=O) groups is 1. The van der Waals surface area contributed by atoms with Gasteiger partial charge in [0.2, 0.25) is 5.75 Å². The highest BCUT2D eigenvalue weighted by molar-refractivity contribution is 5.90. The van der Waals surface area contributed by atoms with Gasteiger partial charge in [-0.1, -0.05) is 12.1 Å². The lowest BCUT2D eigenvalue weighted by Gasteiger charge is -2.35. The van der Waals surface area contributed by atoms with Gasteiger partial charge in [-0.05, 0) is 43.2 Å². The first-order valence-electron chi connectivity index (χ1n) is 11.5. The van der Waals surface area contributed by atoms with Crippen molar-refractivity contribution in [1.29, 1.82) is 0 Å². The third-order valence-corrected chi connectivity index (χ3v) is 6.26. The molecule has 9 heteroatoms. The number of amides is 2. The van der Waals surface area contributed by atoms with Gasteiger partial charge in [-0.3, -0.25) is 0 Å². The first kappa shape index (κ1) is 24.1. The van der Waals surface area contributed by atoms with E-state index in [0.717, 1.165) is 17.1 Å². The van der Waals surface area contributed by atoms with Crippen molar-refractivity contribution in [2.45, 2.75) is 13.8 Å². The lowest BCUT2D eigenvalue weighted by Crippen LogP contribution is -2.50. The molecule has 2 heterocycles. The second kappa shape index (κ2) is 10.5. The van der Waals surface area contributed by atoms with Crippen LogP contribution in [0.15, 0.2) is 42.5 Å². The van der Waals surface area contributed by atoms with Crippen molar-refractivity contribution in [3.05, 3.63) is 53.6 Å². The molecule has 1 saturated heterocycles. The van der Waals surface area contributed by atoms with Gasteiger partial charge < -0.3 is 29.3 Å². The summed E-state index contributed by atoms with van der Waals surface area (Å²) >= 11 is 0. The third kappa shape index (κ3) is 5.24. The molecule has 184 valence electrons. The largest absolute Gasteiger partial charge is 0.493 e. The third-order valence-electron chi connectivity index (χ3n) is 6.26. The van der Waals surface area contributed by atoms with Crippen LogP contribution >= 0.6 is 0 Å². The van der Waals surface area contributed by atoms with Crippen molar-refractivity contribution >= 4 is 17.5 Å². The highest BCUT2D eigenvalue weighted by Crippen LogP contribution is 2.40. The van der Waals surface area contributed by atoms with Crippen LogP contribution in [0.4, 0.5) is 16.3 Å². The van der Waals surface area contributed by atoms with Gasteiger partial charge in [0.1, 0.15) is 0 Å². The van der Waals surface area contributed by atoms with E-state index in [1.54, 1.807) is 38.4 Å². The fourth-order valence-electron chi connectivity index (χ4n) is 4.04. The van der Waals surface area contributed by atoms with Gasteiger partial charge >= 0.3 is 6.03 Å². The molecular formula is C26H31N5O4. The van der Waals surface area contributed by atoms with Crippen molar-refractivity contribution < 1.29 is 19.0 Å². The molecule has 0 spiro atoms. The van der Waals surface area contributed by atoms with Crippen LogP contribution in [0.25, 0.3) is 11.3 Å². The summed E-state index contributed by atoms with van der Waals surface area (Å²) in [5, 5.41) is 11.8. The van der Waals surface area contributed by atoms with Crippen LogP contribution in [-0.2, 0) is 0 Å². The van der Waals surface area contributed by atoms with E-state index in [1.807, 2.05) is 12.1 Å². The Morgan fingerprint density at radius 1 is 0.829 bits per heavy atom. The Labute approximate surface area is 205 Å². The zero-order valence-corrected chi connectivity index (χ0v) is 20.8. The number of ether oxygens (including phenoxy) is 3. The van der Waals surface area contributed by atoms with Crippen LogP contribution in [0.3, 0.4) is 0 Å². The number of piperazine rings is 1. The molecule has 0 radical (unpaired) electrons. The number of hydrogen-bond donors (Lipinski definition) is 1. The van der Waals surface area contributed by atoms with E-state index in [1.165, 1.54) is 11.1 Å². The molecule has 1 aliphatic rings. The van der Waals surface area contributed by atoms with E-state index in [2.05, 4.69) is 52.5 Å². The van der Waals surface area contributed by atoms with E-state index in [9.17, 15) is 4.79 Å². The predicted octanol–water partition coefficient (Wildman–Crippen LogP) is 4.14. The molecular weight excluding hydrogens is 446 g/mol. The summed E-state index contributed by atoms with van der Waals surface area (Å²) in [6, 6.07) is 13.5. The zero-order valence-electron chi connectivity index (χ0n) is 20.8. The number of carbonyl (C=O) groups excluding carboxylic acids is 1. The van der Waals surface area contributed by atoms with Gasteiger partial charge in [-0.15, -0.1) is 10.2 Å². The Kier molecular flexibility index (Phi) is 7.24. The lowest BCUT2D eigenvalue weighted by atomic mass is 10.0. The standard InChI is InChI=1S/C26H31N5O4/c1-17-6-7-19(14-18(17)2)21-8-9-24(29-28-21)30-10-12-31(13-11-30)26(32)27-20-15-22(33-3)25(35-5)23(16-20)34-4/h6-9,14-16H,10-13H2,1-5H3,(H,27,32). The Balaban J connectivity index is 1.37. The Hall–Kier alpha value is -4.01. The van der Waals surface area contributed by atoms with E-state index in [-0.39, 0.29) is 6.03 Å². The minimum Gasteiger partial charge on any atom is -0.493 e. The fourth-order valence-corrected chi connectivity index (χ4v) is 4.04. The summed E-state index contributed by atoms with van der Waals surface area (Å²) in [7, 11) is 4.62. The maximum Gasteiger partial charge on any atom is 0.321 e. The number of rotatable bonds is 6. The van der Waals surface area contributed by atoms with Crippen molar-refractivity contribution in [3.63, 3.8) is 0 Å². The number of nitrogens with zero attached hydrogens (tertiary/aromatic N) is 4. The highest BCUT2D eigenvalue weighted by atomic mass is 16.5. The average molecular weight is 478 g/mol. The summed E-state index contributed by atoms with van der Waals surface area (Å²) in [5.74, 6) is 2.25.